The number of hydrogen-bond acceptors (Lipinski definition) is 3. The fraction of sp³-hybridized carbons (Fsp3) is 0.263. The third-order valence-corrected chi connectivity index (χ3v) is 5.30. The van der Waals surface area contributed by atoms with Gasteiger partial charge in [0.15, 0.2) is 0 Å². The van der Waals surface area contributed by atoms with Crippen molar-refractivity contribution in [3.63, 3.8) is 0 Å². The van der Waals surface area contributed by atoms with Gasteiger partial charge in [-0.1, -0.05) is 18.2 Å². The van der Waals surface area contributed by atoms with Crippen LogP contribution < -0.4 is 0 Å². The molecule has 1 unspecified atom stereocenters. The number of aromatic nitrogens is 2. The largest absolute Gasteiger partial charge is 0.334 e. The van der Waals surface area contributed by atoms with E-state index in [2.05, 4.69) is 25.0 Å². The smallest absolute Gasteiger partial charge is 0.254 e. The molecule has 124 valence electrons. The third kappa shape index (κ3) is 3.26. The Morgan fingerprint density at radius 3 is 2.79 bits per heavy atom. The van der Waals surface area contributed by atoms with Crippen LogP contribution in [0, 0.1) is 0 Å². The van der Waals surface area contributed by atoms with Gasteiger partial charge >= 0.3 is 0 Å². The Bertz CT molecular complexity index is 823. The highest BCUT2D eigenvalue weighted by molar-refractivity contribution is 7.10. The standard InChI is InChI=1S/C19H21N3OS/c1-4-22-13-17(12-20-22)15-7-5-8-16(11-15)19(23)21(3)14(2)18-9-6-10-24-18/h5-14H,4H2,1-3H3. The van der Waals surface area contributed by atoms with E-state index in [0.717, 1.165) is 17.7 Å². The van der Waals surface area contributed by atoms with Gasteiger partial charge in [-0.3, -0.25) is 9.48 Å². The van der Waals surface area contributed by atoms with Crippen molar-refractivity contribution < 1.29 is 4.79 Å². The fourth-order valence-corrected chi connectivity index (χ4v) is 3.44. The molecule has 2 heterocycles. The van der Waals surface area contributed by atoms with Crippen LogP contribution in [0.1, 0.15) is 35.1 Å². The monoisotopic (exact) mass is 339 g/mol. The Labute approximate surface area is 146 Å². The quantitative estimate of drug-likeness (QED) is 0.688. The number of thiophene rings is 1. The average molecular weight is 339 g/mol. The molecular weight excluding hydrogens is 318 g/mol. The van der Waals surface area contributed by atoms with Gasteiger partial charge in [-0.05, 0) is 43.0 Å². The van der Waals surface area contributed by atoms with E-state index < -0.39 is 0 Å². The Hall–Kier alpha value is -2.40. The van der Waals surface area contributed by atoms with Gasteiger partial charge in [0.25, 0.3) is 5.91 Å². The predicted octanol–water partition coefficient (Wildman–Crippen LogP) is 4.46. The van der Waals surface area contributed by atoms with E-state index in [1.165, 1.54) is 4.88 Å². The van der Waals surface area contributed by atoms with Crippen LogP contribution in [0.2, 0.25) is 0 Å². The highest BCUT2D eigenvalue weighted by atomic mass is 32.1. The van der Waals surface area contributed by atoms with Crippen molar-refractivity contribution in [1.29, 1.82) is 0 Å². The van der Waals surface area contributed by atoms with Crippen LogP contribution in [0.25, 0.3) is 11.1 Å². The summed E-state index contributed by atoms with van der Waals surface area (Å²) in [4.78, 5) is 15.8. The summed E-state index contributed by atoms with van der Waals surface area (Å²) in [6.07, 6.45) is 3.84. The van der Waals surface area contributed by atoms with Gasteiger partial charge in [-0.2, -0.15) is 5.10 Å². The lowest BCUT2D eigenvalue weighted by Crippen LogP contribution is -2.29. The maximum Gasteiger partial charge on any atom is 0.254 e. The molecule has 24 heavy (non-hydrogen) atoms. The van der Waals surface area contributed by atoms with Crippen LogP contribution >= 0.6 is 11.3 Å². The van der Waals surface area contributed by atoms with Crippen LogP contribution in [-0.2, 0) is 6.54 Å². The number of nitrogens with zero attached hydrogens (tertiary/aromatic N) is 3. The van der Waals surface area contributed by atoms with Crippen LogP contribution in [0.5, 0.6) is 0 Å². The SMILES string of the molecule is CCn1cc(-c2cccc(C(=O)N(C)C(C)c3cccs3)c2)cn1. The van der Waals surface area contributed by atoms with Gasteiger partial charge in [-0.25, -0.2) is 0 Å². The summed E-state index contributed by atoms with van der Waals surface area (Å²) in [6, 6.07) is 11.9. The van der Waals surface area contributed by atoms with Crippen molar-refractivity contribution in [2.75, 3.05) is 7.05 Å². The second-order valence-corrected chi connectivity index (χ2v) is 6.75. The Balaban J connectivity index is 1.84. The number of amides is 1. The van der Waals surface area contributed by atoms with Gasteiger partial charge in [0, 0.05) is 35.8 Å². The molecule has 0 saturated carbocycles. The number of benzene rings is 1. The molecule has 0 radical (unpaired) electrons. The van der Waals surface area contributed by atoms with Crippen molar-refractivity contribution >= 4 is 17.2 Å². The summed E-state index contributed by atoms with van der Waals surface area (Å²) < 4.78 is 1.88. The highest BCUT2D eigenvalue weighted by Gasteiger charge is 2.20. The highest BCUT2D eigenvalue weighted by Crippen LogP contribution is 2.26. The van der Waals surface area contributed by atoms with Crippen molar-refractivity contribution in [2.45, 2.75) is 26.4 Å². The molecule has 1 amide bonds. The summed E-state index contributed by atoms with van der Waals surface area (Å²) in [6.45, 7) is 4.94. The molecule has 3 aromatic rings. The molecule has 0 fully saturated rings. The first-order valence-corrected chi connectivity index (χ1v) is 8.91. The summed E-state index contributed by atoms with van der Waals surface area (Å²) in [7, 11) is 1.86. The molecule has 1 aromatic carbocycles. The second kappa shape index (κ2) is 7.01. The Morgan fingerprint density at radius 2 is 2.12 bits per heavy atom. The van der Waals surface area contributed by atoms with E-state index in [1.54, 1.807) is 16.2 Å². The molecule has 0 N–H and O–H groups in total. The molecule has 0 aliphatic heterocycles. The maximum atomic E-state index is 12.8. The van der Waals surface area contributed by atoms with E-state index in [9.17, 15) is 4.79 Å². The zero-order chi connectivity index (χ0) is 17.1. The predicted molar refractivity (Wildman–Crippen MR) is 98.2 cm³/mol. The zero-order valence-electron chi connectivity index (χ0n) is 14.1. The van der Waals surface area contributed by atoms with Gasteiger partial charge in [0.1, 0.15) is 0 Å². The van der Waals surface area contributed by atoms with Gasteiger partial charge in [0.05, 0.1) is 12.2 Å². The molecule has 5 heteroatoms. The van der Waals surface area contributed by atoms with Crippen molar-refractivity contribution in [1.82, 2.24) is 14.7 Å². The van der Waals surface area contributed by atoms with Gasteiger partial charge in [-0.15, -0.1) is 11.3 Å². The molecule has 1 atom stereocenters. The molecule has 0 bridgehead atoms. The minimum Gasteiger partial charge on any atom is -0.334 e. The topological polar surface area (TPSA) is 38.1 Å². The summed E-state index contributed by atoms with van der Waals surface area (Å²) in [5.41, 5.74) is 2.74. The number of rotatable bonds is 5. The lowest BCUT2D eigenvalue weighted by molar-refractivity contribution is 0.0745. The van der Waals surface area contributed by atoms with E-state index >= 15 is 0 Å². The molecule has 0 aliphatic carbocycles. The maximum absolute atomic E-state index is 12.8. The Kier molecular flexibility index (Phi) is 4.81. The minimum absolute atomic E-state index is 0.0284. The molecule has 0 aliphatic rings. The van der Waals surface area contributed by atoms with Crippen molar-refractivity contribution in [3.8, 4) is 11.1 Å². The summed E-state index contributed by atoms with van der Waals surface area (Å²) >= 11 is 1.67. The third-order valence-electron chi connectivity index (χ3n) is 4.26. The van der Waals surface area contributed by atoms with Crippen LogP contribution in [-0.4, -0.2) is 27.6 Å². The van der Waals surface area contributed by atoms with Crippen LogP contribution in [0.15, 0.2) is 54.2 Å². The molecule has 4 nitrogen and oxygen atoms in total. The second-order valence-electron chi connectivity index (χ2n) is 5.77. The van der Waals surface area contributed by atoms with Crippen molar-refractivity contribution in [2.24, 2.45) is 0 Å². The zero-order valence-corrected chi connectivity index (χ0v) is 15.0. The molecule has 0 spiro atoms. The van der Waals surface area contributed by atoms with Gasteiger partial charge < -0.3 is 4.90 Å². The lowest BCUT2D eigenvalue weighted by atomic mass is 10.0. The average Bonchev–Trinajstić information content (AvgIpc) is 3.31. The molecule has 2 aromatic heterocycles. The number of carbonyl (C=O) groups is 1. The number of hydrogen-bond donors (Lipinski definition) is 0. The van der Waals surface area contributed by atoms with E-state index in [4.69, 9.17) is 0 Å². The first-order chi connectivity index (χ1) is 11.6. The molecule has 0 saturated heterocycles. The van der Waals surface area contributed by atoms with Crippen molar-refractivity contribution in [3.05, 3.63) is 64.6 Å². The van der Waals surface area contributed by atoms with E-state index in [-0.39, 0.29) is 11.9 Å². The van der Waals surface area contributed by atoms with Gasteiger partial charge in [0.2, 0.25) is 0 Å². The number of carbonyl (C=O) groups excluding carboxylic acids is 1. The van der Waals surface area contributed by atoms with E-state index in [1.807, 2.05) is 59.8 Å². The van der Waals surface area contributed by atoms with Crippen LogP contribution in [0.4, 0.5) is 0 Å². The van der Waals surface area contributed by atoms with Crippen LogP contribution in [0.3, 0.4) is 0 Å². The molecule has 3 rings (SSSR count). The van der Waals surface area contributed by atoms with E-state index in [0.29, 0.717) is 5.56 Å². The minimum atomic E-state index is 0.0284. The molecular formula is C19H21N3OS. The summed E-state index contributed by atoms with van der Waals surface area (Å²) in [5, 5.41) is 6.34. The summed E-state index contributed by atoms with van der Waals surface area (Å²) in [5.74, 6) is 0.0284. The normalized spacial score (nSPS) is 12.1. The number of aryl methyl sites for hydroxylation is 1. The first-order valence-electron chi connectivity index (χ1n) is 8.03. The fourth-order valence-electron chi connectivity index (χ4n) is 2.62. The Morgan fingerprint density at radius 1 is 1.29 bits per heavy atom. The lowest BCUT2D eigenvalue weighted by Gasteiger charge is -2.24. The first kappa shape index (κ1) is 16.5.